The first-order chi connectivity index (χ1) is 23.7. The highest BCUT2D eigenvalue weighted by Gasteiger charge is 2.50. The van der Waals surface area contributed by atoms with Crippen LogP contribution in [0.4, 0.5) is 9.59 Å². The summed E-state index contributed by atoms with van der Waals surface area (Å²) in [6.07, 6.45) is 12.6. The largest absolute Gasteiger partial charge is 0.444 e. The molecule has 2 saturated heterocycles. The van der Waals surface area contributed by atoms with Crippen molar-refractivity contribution in [2.75, 3.05) is 13.1 Å². The molecule has 2 aliphatic heterocycles. The van der Waals surface area contributed by atoms with Crippen molar-refractivity contribution in [3.63, 3.8) is 0 Å². The number of hydrogen-bond acceptors (Lipinski definition) is 11. The molecule has 2 atom stereocenters. The average Bonchev–Trinajstić information content (AvgIpc) is 3.64. The van der Waals surface area contributed by atoms with Crippen molar-refractivity contribution in [3.05, 3.63) is 11.8 Å². The quantitative estimate of drug-likeness (QED) is 0.139. The molecule has 0 aromatic carbocycles. The number of aromatic nitrogens is 2. The molecule has 3 amide bonds. The second-order valence-corrected chi connectivity index (χ2v) is 16.5. The van der Waals surface area contributed by atoms with E-state index in [4.69, 9.17) is 17.7 Å². The van der Waals surface area contributed by atoms with Crippen LogP contribution in [0.5, 0.6) is 0 Å². The predicted octanol–water partition coefficient (Wildman–Crippen LogP) is 7.69. The number of nitrogens with one attached hydrogen (secondary N) is 1. The Morgan fingerprint density at radius 3 is 2.14 bits per heavy atom. The van der Waals surface area contributed by atoms with E-state index in [1.165, 1.54) is 0 Å². The van der Waals surface area contributed by atoms with Gasteiger partial charge in [-0.25, -0.2) is 9.59 Å². The minimum Gasteiger partial charge on any atom is -0.444 e. The topological polar surface area (TPSA) is 157 Å². The number of nitrogens with zero attached hydrogens (tertiary/aromatic N) is 5. The molecule has 0 radical (unpaired) electrons. The Bertz CT molecular complexity index is 1330. The smallest absolute Gasteiger partial charge is 0.437 e. The van der Waals surface area contributed by atoms with E-state index in [9.17, 15) is 18.0 Å². The number of ether oxygens (including phenoxy) is 1. The van der Waals surface area contributed by atoms with Crippen LogP contribution in [0.15, 0.2) is 4.42 Å². The van der Waals surface area contributed by atoms with E-state index in [2.05, 4.69) is 43.2 Å². The molecule has 50 heavy (non-hydrogen) atoms. The van der Waals surface area contributed by atoms with Gasteiger partial charge in [-0.2, -0.15) is 22.8 Å². The molecule has 3 heterocycles. The molecule has 1 aromatic rings. The van der Waals surface area contributed by atoms with Gasteiger partial charge in [0.25, 0.3) is 0 Å². The standard InChI is InChI=1S/C35H62N6O8S/c1-8-12-22-35(21-11-4,23-13-9-2)40(24-14-10-3)48-50(44,45)49-41-28-19-20-29(39(25-28)33(41)43)31-38-37-30(46-31)26-15-17-27(18-16-26)36-32(42)47-34(5,6)7/h26-29H,8-25H2,1-7H3,(H,36,42)/t26-,27+,28?,29-/m0/s1. The maximum Gasteiger partial charge on any atom is 0.437 e. The molecule has 1 saturated carbocycles. The van der Waals surface area contributed by atoms with Gasteiger partial charge in [-0.1, -0.05) is 66.2 Å². The van der Waals surface area contributed by atoms with Gasteiger partial charge in [-0.3, -0.25) is 0 Å². The number of fused-ring (bicyclic) bond motifs is 2. The van der Waals surface area contributed by atoms with Crippen molar-refractivity contribution in [2.45, 2.75) is 186 Å². The SMILES string of the molecule is CCCCN(OS(=O)(=O)ON1C(=O)N2CC1CC[C@H]2c1nnc([C@H]2CC[C@@H](NC(=O)OC(C)(C)C)CC2)o1)C(CCC)(CCCC)CCCC. The number of amides is 3. The van der Waals surface area contributed by atoms with Crippen LogP contribution in [-0.2, 0) is 23.7 Å². The van der Waals surface area contributed by atoms with E-state index in [1.807, 2.05) is 20.8 Å². The summed E-state index contributed by atoms with van der Waals surface area (Å²) in [7, 11) is -4.61. The van der Waals surface area contributed by atoms with E-state index >= 15 is 0 Å². The van der Waals surface area contributed by atoms with Gasteiger partial charge in [0.1, 0.15) is 11.6 Å². The molecule has 4 rings (SSSR count). The minimum atomic E-state index is -4.61. The van der Waals surface area contributed by atoms with Gasteiger partial charge >= 0.3 is 22.5 Å². The molecule has 1 aliphatic carbocycles. The van der Waals surface area contributed by atoms with E-state index in [0.29, 0.717) is 31.2 Å². The zero-order valence-corrected chi connectivity index (χ0v) is 32.3. The van der Waals surface area contributed by atoms with Crippen LogP contribution in [0.3, 0.4) is 0 Å². The molecule has 0 spiro atoms. The van der Waals surface area contributed by atoms with Crippen molar-refractivity contribution < 1.29 is 35.7 Å². The Balaban J connectivity index is 1.40. The third-order valence-corrected chi connectivity index (χ3v) is 10.9. The third kappa shape index (κ3) is 10.5. The maximum atomic E-state index is 13.7. The number of rotatable bonds is 19. The molecule has 15 heteroatoms. The first kappa shape index (κ1) is 40.3. The second-order valence-electron chi connectivity index (χ2n) is 15.4. The first-order valence-corrected chi connectivity index (χ1v) is 20.4. The van der Waals surface area contributed by atoms with Crippen LogP contribution in [0.1, 0.15) is 175 Å². The lowest BCUT2D eigenvalue weighted by Gasteiger charge is -2.43. The lowest BCUT2D eigenvalue weighted by atomic mass is 9.82. The molecule has 1 unspecified atom stereocenters. The zero-order chi connectivity index (χ0) is 36.5. The van der Waals surface area contributed by atoms with Gasteiger partial charge in [-0.05, 0) is 85.0 Å². The van der Waals surface area contributed by atoms with Crippen molar-refractivity contribution >= 4 is 22.5 Å². The second kappa shape index (κ2) is 17.8. The molecule has 286 valence electrons. The van der Waals surface area contributed by atoms with Crippen LogP contribution < -0.4 is 5.32 Å². The number of hydrogen-bond donors (Lipinski definition) is 1. The number of carbonyl (C=O) groups is 2. The van der Waals surface area contributed by atoms with Crippen LogP contribution in [-0.4, -0.2) is 82.1 Å². The molecule has 2 bridgehead atoms. The van der Waals surface area contributed by atoms with Gasteiger partial charge in [0.2, 0.25) is 11.8 Å². The number of unbranched alkanes of at least 4 members (excludes halogenated alkanes) is 3. The van der Waals surface area contributed by atoms with Crippen LogP contribution >= 0.6 is 0 Å². The van der Waals surface area contributed by atoms with Crippen LogP contribution in [0, 0.1) is 0 Å². The van der Waals surface area contributed by atoms with Gasteiger partial charge in [0, 0.05) is 30.6 Å². The number of alkyl carbamates (subject to hydrolysis) is 1. The average molecular weight is 727 g/mol. The van der Waals surface area contributed by atoms with Crippen molar-refractivity contribution in [2.24, 2.45) is 0 Å². The summed E-state index contributed by atoms with van der Waals surface area (Å²) in [5.41, 5.74) is -0.990. The highest BCUT2D eigenvalue weighted by Crippen LogP contribution is 2.41. The molecular formula is C35H62N6O8S. The molecule has 14 nitrogen and oxygen atoms in total. The lowest BCUT2D eigenvalue weighted by molar-refractivity contribution is -0.172. The van der Waals surface area contributed by atoms with Gasteiger partial charge in [0.05, 0.1) is 6.04 Å². The van der Waals surface area contributed by atoms with E-state index in [0.717, 1.165) is 95.0 Å². The van der Waals surface area contributed by atoms with Crippen LogP contribution in [0.2, 0.25) is 0 Å². The van der Waals surface area contributed by atoms with E-state index in [-0.39, 0.29) is 18.5 Å². The number of piperidine rings is 1. The monoisotopic (exact) mass is 726 g/mol. The number of hydroxylamine groups is 4. The Morgan fingerprint density at radius 1 is 0.900 bits per heavy atom. The van der Waals surface area contributed by atoms with Gasteiger partial charge < -0.3 is 19.4 Å². The summed E-state index contributed by atoms with van der Waals surface area (Å²) in [4.78, 5) is 27.4. The third-order valence-electron chi connectivity index (χ3n) is 10.2. The predicted molar refractivity (Wildman–Crippen MR) is 188 cm³/mol. The maximum absolute atomic E-state index is 13.7. The molecular weight excluding hydrogens is 664 g/mol. The summed E-state index contributed by atoms with van der Waals surface area (Å²) in [5, 5.41) is 14.2. The summed E-state index contributed by atoms with van der Waals surface area (Å²) >= 11 is 0. The highest BCUT2D eigenvalue weighted by atomic mass is 32.3. The van der Waals surface area contributed by atoms with E-state index in [1.54, 1.807) is 9.96 Å². The lowest BCUT2D eigenvalue weighted by Crippen LogP contribution is -2.51. The minimum absolute atomic E-state index is 0.0155. The number of urea groups is 1. The fraction of sp³-hybridized carbons (Fsp3) is 0.886. The normalized spacial score (nSPS) is 23.2. The first-order valence-electron chi connectivity index (χ1n) is 19.1. The summed E-state index contributed by atoms with van der Waals surface area (Å²) in [6, 6.07) is -1.47. The Labute approximate surface area is 299 Å². The highest BCUT2D eigenvalue weighted by molar-refractivity contribution is 7.81. The number of carbonyl (C=O) groups excluding carboxylic acids is 2. The van der Waals surface area contributed by atoms with Crippen molar-refractivity contribution in [1.82, 2.24) is 30.5 Å². The Morgan fingerprint density at radius 2 is 1.54 bits per heavy atom. The summed E-state index contributed by atoms with van der Waals surface area (Å²) in [5.74, 6) is 0.900. The Kier molecular flexibility index (Phi) is 14.4. The van der Waals surface area contributed by atoms with Crippen molar-refractivity contribution in [3.8, 4) is 0 Å². The van der Waals surface area contributed by atoms with Crippen molar-refractivity contribution in [1.29, 1.82) is 0 Å². The fourth-order valence-electron chi connectivity index (χ4n) is 7.60. The van der Waals surface area contributed by atoms with Crippen LogP contribution in [0.25, 0.3) is 0 Å². The molecule has 3 fully saturated rings. The zero-order valence-electron chi connectivity index (χ0n) is 31.4. The Hall–Kier alpha value is -2.49. The summed E-state index contributed by atoms with van der Waals surface area (Å²) < 4.78 is 50.1. The fourth-order valence-corrected chi connectivity index (χ4v) is 8.46. The summed E-state index contributed by atoms with van der Waals surface area (Å²) in [6.45, 7) is 14.7. The molecule has 1 aromatic heterocycles. The molecule has 1 N–H and O–H groups in total. The van der Waals surface area contributed by atoms with Gasteiger partial charge in [0.15, 0.2) is 0 Å². The van der Waals surface area contributed by atoms with Gasteiger partial charge in [-0.15, -0.1) is 14.5 Å². The molecule has 3 aliphatic rings. The van der Waals surface area contributed by atoms with E-state index < -0.39 is 45.7 Å².